The van der Waals surface area contributed by atoms with Gasteiger partial charge in [0.05, 0.1) is 37.6 Å². The number of benzene rings is 3. The van der Waals surface area contributed by atoms with Crippen LogP contribution in [0.3, 0.4) is 0 Å². The Kier molecular flexibility index (Phi) is 10.3. The Balaban J connectivity index is 1.61. The molecule has 0 fully saturated rings. The van der Waals surface area contributed by atoms with E-state index in [0.717, 1.165) is 0 Å². The van der Waals surface area contributed by atoms with E-state index < -0.39 is 28.2 Å². The Labute approximate surface area is 252 Å². The number of ether oxygens (including phenoxy) is 2. The molecule has 3 amide bonds. The van der Waals surface area contributed by atoms with Crippen LogP contribution in [0.1, 0.15) is 19.4 Å². The third-order valence-corrected chi connectivity index (χ3v) is 9.25. The van der Waals surface area contributed by atoms with Crippen molar-refractivity contribution in [1.29, 1.82) is 0 Å². The molecule has 1 heterocycles. The van der Waals surface area contributed by atoms with Crippen LogP contribution in [-0.2, 0) is 21.2 Å². The molecule has 0 saturated heterocycles. The van der Waals surface area contributed by atoms with Crippen LogP contribution in [0.15, 0.2) is 77.7 Å². The van der Waals surface area contributed by atoms with E-state index in [-0.39, 0.29) is 42.8 Å². The van der Waals surface area contributed by atoms with Gasteiger partial charge in [0.25, 0.3) is 0 Å². The third kappa shape index (κ3) is 7.83. The van der Waals surface area contributed by atoms with Crippen molar-refractivity contribution in [2.24, 2.45) is 5.92 Å². The molecule has 4 rings (SSSR count). The van der Waals surface area contributed by atoms with Gasteiger partial charge in [-0.1, -0.05) is 25.1 Å². The molecule has 3 atom stereocenters. The van der Waals surface area contributed by atoms with Crippen LogP contribution in [0.2, 0.25) is 0 Å². The molecule has 0 saturated carbocycles. The Bertz CT molecular complexity index is 1520. The molecule has 230 valence electrons. The second-order valence-electron chi connectivity index (χ2n) is 10.6. The first-order valence-electron chi connectivity index (χ1n) is 13.9. The number of rotatable bonds is 9. The fourth-order valence-corrected chi connectivity index (χ4v) is 6.00. The highest BCUT2D eigenvalue weighted by molar-refractivity contribution is 7.89. The van der Waals surface area contributed by atoms with Crippen LogP contribution < -0.4 is 20.1 Å². The summed E-state index contributed by atoms with van der Waals surface area (Å²) < 4.78 is 39.6. The molecule has 43 heavy (non-hydrogen) atoms. The van der Waals surface area contributed by atoms with Crippen LogP contribution in [0.25, 0.3) is 0 Å². The SMILES string of the molecule is COc1ccc(S(=O)(=O)N(C)C[C@@H]2Oc3ccc(NC(=O)Nc4ccccc4)cc3CC(=O)N([C@H](C)CO)C[C@H]2C)cc1. The van der Waals surface area contributed by atoms with Gasteiger partial charge < -0.3 is 30.1 Å². The van der Waals surface area contributed by atoms with Crippen LogP contribution in [0, 0.1) is 5.92 Å². The number of likely N-dealkylation sites (N-methyl/N-ethyl adjacent to an activating group) is 1. The van der Waals surface area contributed by atoms with Gasteiger partial charge in [-0.2, -0.15) is 4.31 Å². The van der Waals surface area contributed by atoms with Gasteiger partial charge in [-0.15, -0.1) is 0 Å². The van der Waals surface area contributed by atoms with Crippen molar-refractivity contribution in [3.8, 4) is 11.5 Å². The number of anilines is 2. The Morgan fingerprint density at radius 1 is 1.09 bits per heavy atom. The summed E-state index contributed by atoms with van der Waals surface area (Å²) in [4.78, 5) is 27.8. The summed E-state index contributed by atoms with van der Waals surface area (Å²) in [7, 11) is -0.868. The van der Waals surface area contributed by atoms with Crippen molar-refractivity contribution in [2.45, 2.75) is 37.3 Å². The number of nitrogens with one attached hydrogen (secondary N) is 2. The van der Waals surface area contributed by atoms with Gasteiger partial charge in [0.15, 0.2) is 0 Å². The molecule has 1 aliphatic rings. The van der Waals surface area contributed by atoms with Gasteiger partial charge in [0.2, 0.25) is 15.9 Å². The van der Waals surface area contributed by atoms with Crippen molar-refractivity contribution < 1.29 is 32.6 Å². The second-order valence-corrected chi connectivity index (χ2v) is 12.7. The molecule has 3 N–H and O–H groups in total. The summed E-state index contributed by atoms with van der Waals surface area (Å²) in [6.45, 7) is 3.66. The minimum atomic E-state index is -3.86. The second kappa shape index (κ2) is 13.9. The molecule has 0 spiro atoms. The number of carbonyl (C=O) groups is 2. The highest BCUT2D eigenvalue weighted by atomic mass is 32.2. The lowest BCUT2D eigenvalue weighted by Crippen LogP contribution is -2.48. The zero-order valence-corrected chi connectivity index (χ0v) is 25.5. The van der Waals surface area contributed by atoms with Gasteiger partial charge in [-0.3, -0.25) is 4.79 Å². The van der Waals surface area contributed by atoms with Crippen LogP contribution >= 0.6 is 0 Å². The van der Waals surface area contributed by atoms with E-state index in [1.54, 1.807) is 54.3 Å². The molecule has 1 aliphatic heterocycles. The maximum absolute atomic E-state index is 13.5. The first-order valence-corrected chi connectivity index (χ1v) is 15.4. The lowest BCUT2D eigenvalue weighted by molar-refractivity contribution is -0.134. The van der Waals surface area contributed by atoms with Crippen LogP contribution in [0.5, 0.6) is 11.5 Å². The summed E-state index contributed by atoms with van der Waals surface area (Å²) >= 11 is 0. The van der Waals surface area contributed by atoms with Gasteiger partial charge in [-0.25, -0.2) is 13.2 Å². The standard InChI is InChI=1S/C31H38N4O7S/c1-21-18-35(22(2)20-36)30(37)17-23-16-25(33-31(38)32-24-8-6-5-7-9-24)10-15-28(23)42-29(21)19-34(3)43(39,40)27-13-11-26(41-4)12-14-27/h5-16,21-22,29,36H,17-20H2,1-4H3,(H2,32,33,38)/t21-,22-,29+/m1/s1. The number of urea groups is 1. The molecule has 11 nitrogen and oxygen atoms in total. The number of nitrogens with zero attached hydrogens (tertiary/aromatic N) is 2. The first kappa shape index (κ1) is 31.8. The minimum Gasteiger partial charge on any atom is -0.497 e. The Hall–Kier alpha value is -4.13. The summed E-state index contributed by atoms with van der Waals surface area (Å²) in [5, 5.41) is 15.4. The number of para-hydroxylation sites is 1. The fourth-order valence-electron chi connectivity index (χ4n) is 4.82. The summed E-state index contributed by atoms with van der Waals surface area (Å²) in [5.74, 6) is 0.435. The number of hydrogen-bond donors (Lipinski definition) is 3. The molecule has 0 radical (unpaired) electrons. The molecular formula is C31H38N4O7S. The molecule has 3 aromatic carbocycles. The molecule has 12 heteroatoms. The van der Waals surface area contributed by atoms with Crippen LogP contribution in [-0.4, -0.2) is 80.7 Å². The number of aliphatic hydroxyl groups is 1. The van der Waals surface area contributed by atoms with E-state index in [9.17, 15) is 23.1 Å². The summed E-state index contributed by atoms with van der Waals surface area (Å²) in [6, 6.07) is 19.2. The maximum atomic E-state index is 13.5. The number of methoxy groups -OCH3 is 1. The Morgan fingerprint density at radius 3 is 2.42 bits per heavy atom. The number of fused-ring (bicyclic) bond motifs is 1. The number of carbonyl (C=O) groups excluding carboxylic acids is 2. The molecular weight excluding hydrogens is 572 g/mol. The third-order valence-electron chi connectivity index (χ3n) is 7.41. The van der Waals surface area contributed by atoms with Gasteiger partial charge in [0, 0.05) is 36.4 Å². The van der Waals surface area contributed by atoms with E-state index >= 15 is 0 Å². The highest BCUT2D eigenvalue weighted by Crippen LogP contribution is 2.30. The molecule has 0 aliphatic carbocycles. The number of hydrogen-bond acceptors (Lipinski definition) is 7. The smallest absolute Gasteiger partial charge is 0.323 e. The van der Waals surface area contributed by atoms with E-state index in [0.29, 0.717) is 28.4 Å². The zero-order valence-electron chi connectivity index (χ0n) is 24.7. The lowest BCUT2D eigenvalue weighted by Gasteiger charge is -2.33. The topological polar surface area (TPSA) is 138 Å². The largest absolute Gasteiger partial charge is 0.497 e. The predicted octanol–water partition coefficient (Wildman–Crippen LogP) is 3.81. The zero-order chi connectivity index (χ0) is 31.1. The van der Waals surface area contributed by atoms with Crippen molar-refractivity contribution in [3.63, 3.8) is 0 Å². The van der Waals surface area contributed by atoms with E-state index in [1.165, 1.54) is 30.6 Å². The first-order chi connectivity index (χ1) is 20.5. The van der Waals surface area contributed by atoms with Gasteiger partial charge in [0.1, 0.15) is 17.6 Å². The number of aliphatic hydroxyl groups excluding tert-OH is 1. The van der Waals surface area contributed by atoms with E-state index in [2.05, 4.69) is 10.6 Å². The molecule has 3 aromatic rings. The molecule has 0 aromatic heterocycles. The monoisotopic (exact) mass is 610 g/mol. The molecule has 0 unspecified atom stereocenters. The lowest BCUT2D eigenvalue weighted by atomic mass is 10.0. The average molecular weight is 611 g/mol. The van der Waals surface area contributed by atoms with E-state index in [1.807, 2.05) is 25.1 Å². The van der Waals surface area contributed by atoms with Gasteiger partial charge >= 0.3 is 6.03 Å². The predicted molar refractivity (Wildman–Crippen MR) is 164 cm³/mol. The summed E-state index contributed by atoms with van der Waals surface area (Å²) in [5.41, 5.74) is 1.60. The van der Waals surface area contributed by atoms with Crippen molar-refractivity contribution in [3.05, 3.63) is 78.4 Å². The summed E-state index contributed by atoms with van der Waals surface area (Å²) in [6.07, 6.45) is -0.675. The Morgan fingerprint density at radius 2 is 1.77 bits per heavy atom. The van der Waals surface area contributed by atoms with Crippen LogP contribution in [0.4, 0.5) is 16.2 Å². The van der Waals surface area contributed by atoms with E-state index in [4.69, 9.17) is 9.47 Å². The van der Waals surface area contributed by atoms with Crippen molar-refractivity contribution >= 4 is 33.3 Å². The molecule has 0 bridgehead atoms. The van der Waals surface area contributed by atoms with Crippen molar-refractivity contribution in [1.82, 2.24) is 9.21 Å². The quantitative estimate of drug-likeness (QED) is 0.335. The normalized spacial score (nSPS) is 18.0. The minimum absolute atomic E-state index is 0.00396. The number of sulfonamides is 1. The highest BCUT2D eigenvalue weighted by Gasteiger charge is 2.33. The fraction of sp³-hybridized carbons (Fsp3) is 0.355. The van der Waals surface area contributed by atoms with Gasteiger partial charge in [-0.05, 0) is 61.5 Å². The average Bonchev–Trinajstić information content (AvgIpc) is 3.04. The van der Waals surface area contributed by atoms with Crippen molar-refractivity contribution in [2.75, 3.05) is 44.5 Å². The maximum Gasteiger partial charge on any atom is 0.323 e. The number of amides is 3.